The lowest BCUT2D eigenvalue weighted by molar-refractivity contribution is -0.105. The number of thioether (sulfide) groups is 1. The number of nitriles is 1. The summed E-state index contributed by atoms with van der Waals surface area (Å²) in [4.78, 5) is 11.1. The first-order valence-electron chi connectivity index (χ1n) is 10.9. The lowest BCUT2D eigenvalue weighted by Crippen LogP contribution is -2.36. The molecule has 0 atom stereocenters. The number of aromatic nitrogens is 2. The smallest absolute Gasteiger partial charge is 0.378 e. The number of hydrogen-bond donors (Lipinski definition) is 2. The molecule has 0 radical (unpaired) electrons. The van der Waals surface area contributed by atoms with Crippen molar-refractivity contribution in [1.29, 1.82) is 5.26 Å². The molecule has 182 valence electrons. The van der Waals surface area contributed by atoms with Gasteiger partial charge in [-0.2, -0.15) is 18.4 Å². The summed E-state index contributed by atoms with van der Waals surface area (Å²) in [7, 11) is 0. The lowest BCUT2D eigenvalue weighted by Gasteiger charge is -2.28. The number of hydrogen-bond acceptors (Lipinski definition) is 8. The molecule has 0 aliphatic carbocycles. The molecule has 11 heteroatoms. The van der Waals surface area contributed by atoms with Gasteiger partial charge in [-0.25, -0.2) is 9.97 Å². The fraction of sp³-hybridized carbons (Fsp3) is 0.292. The SMILES string of the molecule is N#Cc1cc(-c2ccnc(Nc3ccc(N4CCOCC4)cc3)n2)ccc1NCSCC(F)(F)F. The second kappa shape index (κ2) is 11.3. The van der Waals surface area contributed by atoms with Gasteiger partial charge in [-0.15, -0.1) is 11.8 Å². The normalized spacial score (nSPS) is 13.8. The molecule has 7 nitrogen and oxygen atoms in total. The molecule has 1 fully saturated rings. The van der Waals surface area contributed by atoms with E-state index in [1.54, 1.807) is 30.5 Å². The van der Waals surface area contributed by atoms with Gasteiger partial charge in [-0.3, -0.25) is 0 Å². The highest BCUT2D eigenvalue weighted by atomic mass is 32.2. The van der Waals surface area contributed by atoms with Crippen molar-refractivity contribution in [3.05, 3.63) is 60.3 Å². The molecular weight excluding hydrogens is 477 g/mol. The van der Waals surface area contributed by atoms with Gasteiger partial charge in [0, 0.05) is 36.2 Å². The number of benzene rings is 2. The van der Waals surface area contributed by atoms with E-state index in [1.807, 2.05) is 24.3 Å². The van der Waals surface area contributed by atoms with Gasteiger partial charge >= 0.3 is 6.18 Å². The van der Waals surface area contributed by atoms with E-state index < -0.39 is 11.9 Å². The van der Waals surface area contributed by atoms with E-state index in [0.717, 1.165) is 37.7 Å². The van der Waals surface area contributed by atoms with Crippen LogP contribution < -0.4 is 15.5 Å². The van der Waals surface area contributed by atoms with E-state index >= 15 is 0 Å². The van der Waals surface area contributed by atoms with E-state index in [9.17, 15) is 18.4 Å². The van der Waals surface area contributed by atoms with Gasteiger partial charge in [0.15, 0.2) is 0 Å². The summed E-state index contributed by atoms with van der Waals surface area (Å²) in [5, 5.41) is 15.6. The Morgan fingerprint density at radius 1 is 1.09 bits per heavy atom. The Hall–Kier alpha value is -3.49. The van der Waals surface area contributed by atoms with Crippen LogP contribution in [0.2, 0.25) is 0 Å². The van der Waals surface area contributed by atoms with Gasteiger partial charge in [0.2, 0.25) is 5.95 Å². The number of ether oxygens (including phenoxy) is 1. The van der Waals surface area contributed by atoms with Gasteiger partial charge < -0.3 is 20.3 Å². The monoisotopic (exact) mass is 500 g/mol. The Morgan fingerprint density at radius 2 is 1.86 bits per heavy atom. The standard InChI is InChI=1S/C24H23F3N6OS/c25-24(26,27)15-35-16-30-21-6-1-17(13-18(21)14-28)22-7-8-29-23(32-22)31-19-2-4-20(5-3-19)33-9-11-34-12-10-33/h1-8,13,30H,9-12,15-16H2,(H,29,31,32). The molecule has 1 aliphatic rings. The van der Waals surface area contributed by atoms with Crippen molar-refractivity contribution >= 4 is 34.8 Å². The number of nitrogens with zero attached hydrogens (tertiary/aromatic N) is 4. The van der Waals surface area contributed by atoms with Crippen LogP contribution in [0.15, 0.2) is 54.7 Å². The second-order valence-corrected chi connectivity index (χ2v) is 8.68. The lowest BCUT2D eigenvalue weighted by atomic mass is 10.1. The van der Waals surface area contributed by atoms with E-state index in [4.69, 9.17) is 4.74 Å². The number of halogens is 3. The van der Waals surface area contributed by atoms with Gasteiger partial charge in [0.25, 0.3) is 0 Å². The fourth-order valence-corrected chi connectivity index (χ4v) is 4.12. The second-order valence-electron chi connectivity index (χ2n) is 7.69. The highest BCUT2D eigenvalue weighted by molar-refractivity contribution is 7.99. The summed E-state index contributed by atoms with van der Waals surface area (Å²) in [5.41, 5.74) is 4.07. The minimum Gasteiger partial charge on any atom is -0.378 e. The van der Waals surface area contributed by atoms with Crippen molar-refractivity contribution in [2.24, 2.45) is 0 Å². The third-order valence-electron chi connectivity index (χ3n) is 5.22. The predicted molar refractivity (Wildman–Crippen MR) is 132 cm³/mol. The van der Waals surface area contributed by atoms with Crippen molar-refractivity contribution in [3.8, 4) is 17.3 Å². The number of anilines is 4. The van der Waals surface area contributed by atoms with Crippen LogP contribution in [0.3, 0.4) is 0 Å². The molecule has 0 amide bonds. The van der Waals surface area contributed by atoms with Crippen LogP contribution in [0.5, 0.6) is 0 Å². The molecule has 1 saturated heterocycles. The molecule has 2 heterocycles. The van der Waals surface area contributed by atoms with Crippen molar-refractivity contribution in [2.75, 3.05) is 53.5 Å². The number of nitrogens with one attached hydrogen (secondary N) is 2. The topological polar surface area (TPSA) is 86.1 Å². The van der Waals surface area contributed by atoms with Crippen LogP contribution in [0, 0.1) is 11.3 Å². The van der Waals surface area contributed by atoms with E-state index in [0.29, 0.717) is 40.2 Å². The summed E-state index contributed by atoms with van der Waals surface area (Å²) in [6.07, 6.45) is -2.60. The van der Waals surface area contributed by atoms with Crippen LogP contribution >= 0.6 is 11.8 Å². The minimum absolute atomic E-state index is 0.0411. The van der Waals surface area contributed by atoms with Crippen LogP contribution in [-0.4, -0.2) is 54.1 Å². The zero-order chi connectivity index (χ0) is 24.7. The van der Waals surface area contributed by atoms with Crippen molar-refractivity contribution in [1.82, 2.24) is 9.97 Å². The van der Waals surface area contributed by atoms with Crippen LogP contribution in [0.25, 0.3) is 11.3 Å². The first-order valence-corrected chi connectivity index (χ1v) is 12.0. The molecule has 0 spiro atoms. The van der Waals surface area contributed by atoms with Crippen LogP contribution in [-0.2, 0) is 4.74 Å². The van der Waals surface area contributed by atoms with Crippen LogP contribution in [0.4, 0.5) is 36.2 Å². The quantitative estimate of drug-likeness (QED) is 0.320. The molecule has 0 saturated carbocycles. The molecule has 1 aliphatic heterocycles. The van der Waals surface area contributed by atoms with Gasteiger partial charge in [0.05, 0.1) is 41.8 Å². The Labute approximate surface area is 205 Å². The highest BCUT2D eigenvalue weighted by Crippen LogP contribution is 2.27. The maximum Gasteiger partial charge on any atom is 0.397 e. The maximum absolute atomic E-state index is 12.3. The number of morpholine rings is 1. The molecule has 2 aromatic carbocycles. The molecule has 4 rings (SSSR count). The van der Waals surface area contributed by atoms with Gasteiger partial charge in [-0.1, -0.05) is 6.07 Å². The highest BCUT2D eigenvalue weighted by Gasteiger charge is 2.26. The van der Waals surface area contributed by atoms with E-state index in [2.05, 4.69) is 31.6 Å². The van der Waals surface area contributed by atoms with Crippen molar-refractivity contribution in [2.45, 2.75) is 6.18 Å². The van der Waals surface area contributed by atoms with E-state index in [-0.39, 0.29) is 5.88 Å². The Bertz CT molecular complexity index is 1180. The summed E-state index contributed by atoms with van der Waals surface area (Å²) < 4.78 is 42.3. The molecule has 0 unspecified atom stereocenters. The number of rotatable bonds is 8. The predicted octanol–water partition coefficient (Wildman–Crippen LogP) is 5.26. The average molecular weight is 501 g/mol. The molecule has 3 aromatic rings. The van der Waals surface area contributed by atoms with E-state index in [1.165, 1.54) is 0 Å². The zero-order valence-electron chi connectivity index (χ0n) is 18.7. The summed E-state index contributed by atoms with van der Waals surface area (Å²) >= 11 is 0.704. The summed E-state index contributed by atoms with van der Waals surface area (Å²) in [6.45, 7) is 3.18. The largest absolute Gasteiger partial charge is 0.397 e. The molecule has 2 N–H and O–H groups in total. The third-order valence-corrected chi connectivity index (χ3v) is 6.10. The average Bonchev–Trinajstić information content (AvgIpc) is 2.87. The first-order chi connectivity index (χ1) is 16.9. The van der Waals surface area contributed by atoms with Gasteiger partial charge in [0.1, 0.15) is 6.07 Å². The zero-order valence-corrected chi connectivity index (χ0v) is 19.5. The summed E-state index contributed by atoms with van der Waals surface area (Å²) in [5.74, 6) is -0.502. The van der Waals surface area contributed by atoms with Crippen LogP contribution in [0.1, 0.15) is 5.56 Å². The molecular formula is C24H23F3N6OS. The molecule has 35 heavy (non-hydrogen) atoms. The van der Waals surface area contributed by atoms with Gasteiger partial charge in [-0.05, 0) is 42.5 Å². The Balaban J connectivity index is 1.42. The maximum atomic E-state index is 12.3. The fourth-order valence-electron chi connectivity index (χ4n) is 3.53. The third kappa shape index (κ3) is 7.00. The number of alkyl halides is 3. The Morgan fingerprint density at radius 3 is 2.57 bits per heavy atom. The first kappa shape index (κ1) is 24.6. The summed E-state index contributed by atoms with van der Waals surface area (Å²) in [6, 6.07) is 16.9. The molecule has 1 aromatic heterocycles. The van der Waals surface area contributed by atoms with Crippen molar-refractivity contribution in [3.63, 3.8) is 0 Å². The van der Waals surface area contributed by atoms with Crippen molar-refractivity contribution < 1.29 is 17.9 Å². The Kier molecular flexibility index (Phi) is 7.94. The molecule has 0 bridgehead atoms. The minimum atomic E-state index is -4.22.